The third kappa shape index (κ3) is 2.28. The van der Waals surface area contributed by atoms with Crippen LogP contribution in [-0.4, -0.2) is 24.5 Å². The SMILES string of the molecule is Cc1ccsc1C(N)C1(N(C)C)CCCCC1. The number of hydrogen-bond donors (Lipinski definition) is 1. The van der Waals surface area contributed by atoms with Gasteiger partial charge in [0, 0.05) is 10.4 Å². The largest absolute Gasteiger partial charge is 0.322 e. The van der Waals surface area contributed by atoms with Crippen molar-refractivity contribution in [2.45, 2.75) is 50.6 Å². The van der Waals surface area contributed by atoms with Gasteiger partial charge in [-0.15, -0.1) is 11.3 Å². The van der Waals surface area contributed by atoms with Crippen LogP contribution in [0.4, 0.5) is 0 Å². The molecule has 1 aliphatic carbocycles. The molecule has 2 N–H and O–H groups in total. The lowest BCUT2D eigenvalue weighted by atomic mass is 9.74. The quantitative estimate of drug-likeness (QED) is 0.894. The van der Waals surface area contributed by atoms with Crippen LogP contribution in [0.5, 0.6) is 0 Å². The van der Waals surface area contributed by atoms with E-state index in [9.17, 15) is 0 Å². The van der Waals surface area contributed by atoms with Crippen molar-refractivity contribution in [1.29, 1.82) is 0 Å². The van der Waals surface area contributed by atoms with Gasteiger partial charge < -0.3 is 10.6 Å². The van der Waals surface area contributed by atoms with Crippen LogP contribution in [0.1, 0.15) is 48.6 Å². The highest BCUT2D eigenvalue weighted by atomic mass is 32.1. The summed E-state index contributed by atoms with van der Waals surface area (Å²) in [5, 5.41) is 2.16. The van der Waals surface area contributed by atoms with Crippen molar-refractivity contribution in [3.8, 4) is 0 Å². The first kappa shape index (κ1) is 13.1. The van der Waals surface area contributed by atoms with Crippen molar-refractivity contribution in [3.05, 3.63) is 21.9 Å². The van der Waals surface area contributed by atoms with Crippen molar-refractivity contribution < 1.29 is 0 Å². The van der Waals surface area contributed by atoms with E-state index in [1.807, 2.05) is 11.3 Å². The summed E-state index contributed by atoms with van der Waals surface area (Å²) in [6.45, 7) is 2.18. The Hall–Kier alpha value is -0.380. The normalized spacial score (nSPS) is 21.7. The van der Waals surface area contributed by atoms with Crippen molar-refractivity contribution in [2.75, 3.05) is 14.1 Å². The molecule has 1 saturated carbocycles. The standard InChI is InChI=1S/C14H24N2S/c1-11-7-10-17-12(11)13(15)14(16(2)3)8-5-4-6-9-14/h7,10,13H,4-6,8-9,15H2,1-3H3. The zero-order chi connectivity index (χ0) is 12.5. The Kier molecular flexibility index (Phi) is 3.91. The predicted octanol–water partition coefficient (Wildman–Crippen LogP) is 3.32. The van der Waals surface area contributed by atoms with Gasteiger partial charge in [0.2, 0.25) is 0 Å². The van der Waals surface area contributed by atoms with Gasteiger partial charge in [-0.2, -0.15) is 0 Å². The van der Waals surface area contributed by atoms with Crippen LogP contribution in [0, 0.1) is 6.92 Å². The highest BCUT2D eigenvalue weighted by Crippen LogP contribution is 2.42. The molecule has 1 unspecified atom stereocenters. The summed E-state index contributed by atoms with van der Waals surface area (Å²) in [4.78, 5) is 3.75. The monoisotopic (exact) mass is 252 g/mol. The molecule has 1 heterocycles. The molecule has 0 aromatic carbocycles. The number of hydrogen-bond acceptors (Lipinski definition) is 3. The highest BCUT2D eigenvalue weighted by Gasteiger charge is 2.41. The molecule has 1 aliphatic rings. The van der Waals surface area contributed by atoms with Crippen LogP contribution in [0.3, 0.4) is 0 Å². The summed E-state index contributed by atoms with van der Waals surface area (Å²) in [7, 11) is 4.38. The lowest BCUT2D eigenvalue weighted by molar-refractivity contribution is 0.0723. The first-order chi connectivity index (χ1) is 8.08. The first-order valence-electron chi connectivity index (χ1n) is 6.55. The Balaban J connectivity index is 2.30. The third-order valence-electron chi connectivity index (χ3n) is 4.37. The molecule has 1 fully saturated rings. The molecular weight excluding hydrogens is 228 g/mol. The van der Waals surface area contributed by atoms with Crippen LogP contribution in [-0.2, 0) is 0 Å². The lowest BCUT2D eigenvalue weighted by Crippen LogP contribution is -2.53. The van der Waals surface area contributed by atoms with Gasteiger partial charge in [-0.05, 0) is 50.9 Å². The van der Waals surface area contributed by atoms with E-state index in [1.54, 1.807) is 0 Å². The number of aryl methyl sites for hydroxylation is 1. The van der Waals surface area contributed by atoms with Crippen molar-refractivity contribution in [3.63, 3.8) is 0 Å². The second-order valence-corrected chi connectivity index (χ2v) is 6.45. The minimum atomic E-state index is 0.165. The van der Waals surface area contributed by atoms with Crippen molar-refractivity contribution in [2.24, 2.45) is 5.73 Å². The maximum absolute atomic E-state index is 6.62. The third-order valence-corrected chi connectivity index (χ3v) is 5.48. The molecule has 2 nitrogen and oxygen atoms in total. The molecule has 0 amide bonds. The summed E-state index contributed by atoms with van der Waals surface area (Å²) in [5.74, 6) is 0. The number of nitrogens with zero attached hydrogens (tertiary/aromatic N) is 1. The number of nitrogens with two attached hydrogens (primary N) is 1. The van der Waals surface area contributed by atoms with Crippen molar-refractivity contribution >= 4 is 11.3 Å². The average molecular weight is 252 g/mol. The summed E-state index contributed by atoms with van der Waals surface area (Å²) in [6.07, 6.45) is 6.47. The molecule has 1 aromatic rings. The summed E-state index contributed by atoms with van der Waals surface area (Å²) >= 11 is 1.82. The Labute approximate surface area is 109 Å². The molecule has 0 saturated heterocycles. The smallest absolute Gasteiger partial charge is 0.0579 e. The van der Waals surface area contributed by atoms with E-state index in [0.29, 0.717) is 0 Å². The fourth-order valence-corrected chi connectivity index (χ4v) is 4.19. The van der Waals surface area contributed by atoms with Crippen LogP contribution in [0.15, 0.2) is 11.4 Å². The molecule has 0 spiro atoms. The topological polar surface area (TPSA) is 29.3 Å². The van der Waals surface area contributed by atoms with Gasteiger partial charge in [-0.1, -0.05) is 19.3 Å². The number of rotatable bonds is 3. The highest BCUT2D eigenvalue weighted by molar-refractivity contribution is 7.10. The van der Waals surface area contributed by atoms with Gasteiger partial charge in [0.25, 0.3) is 0 Å². The van der Waals surface area contributed by atoms with E-state index in [-0.39, 0.29) is 11.6 Å². The molecule has 0 radical (unpaired) electrons. The van der Waals surface area contributed by atoms with Gasteiger partial charge in [0.15, 0.2) is 0 Å². The fraction of sp³-hybridized carbons (Fsp3) is 0.714. The van der Waals surface area contributed by atoms with Gasteiger partial charge in [-0.25, -0.2) is 0 Å². The van der Waals surface area contributed by atoms with E-state index >= 15 is 0 Å². The fourth-order valence-electron chi connectivity index (χ4n) is 3.15. The van der Waals surface area contributed by atoms with Crippen LogP contribution in [0.2, 0.25) is 0 Å². The average Bonchev–Trinajstić information content (AvgIpc) is 2.75. The Morgan fingerprint density at radius 1 is 1.29 bits per heavy atom. The Morgan fingerprint density at radius 2 is 1.94 bits per heavy atom. The zero-order valence-electron chi connectivity index (χ0n) is 11.2. The van der Waals surface area contributed by atoms with E-state index in [2.05, 4.69) is 37.4 Å². The summed E-state index contributed by atoms with van der Waals surface area (Å²) in [5.41, 5.74) is 8.15. The second-order valence-electron chi connectivity index (χ2n) is 5.50. The van der Waals surface area contributed by atoms with Gasteiger partial charge >= 0.3 is 0 Å². The lowest BCUT2D eigenvalue weighted by Gasteiger charge is -2.47. The first-order valence-corrected chi connectivity index (χ1v) is 7.43. The summed E-state index contributed by atoms with van der Waals surface area (Å²) in [6, 6.07) is 2.35. The van der Waals surface area contributed by atoms with E-state index < -0.39 is 0 Å². The number of thiophene rings is 1. The Morgan fingerprint density at radius 3 is 2.41 bits per heavy atom. The molecule has 3 heteroatoms. The Bertz CT molecular complexity index is 364. The van der Waals surface area contributed by atoms with E-state index in [1.165, 1.54) is 42.5 Å². The second kappa shape index (κ2) is 5.09. The maximum Gasteiger partial charge on any atom is 0.0579 e. The van der Waals surface area contributed by atoms with Crippen molar-refractivity contribution in [1.82, 2.24) is 4.90 Å². The minimum Gasteiger partial charge on any atom is -0.322 e. The molecular formula is C14H24N2S. The minimum absolute atomic E-state index is 0.165. The summed E-state index contributed by atoms with van der Waals surface area (Å²) < 4.78 is 0. The maximum atomic E-state index is 6.62. The molecule has 0 bridgehead atoms. The molecule has 17 heavy (non-hydrogen) atoms. The molecule has 2 rings (SSSR count). The molecule has 96 valence electrons. The predicted molar refractivity (Wildman–Crippen MR) is 75.5 cm³/mol. The van der Waals surface area contributed by atoms with Crippen LogP contribution >= 0.6 is 11.3 Å². The van der Waals surface area contributed by atoms with E-state index in [0.717, 1.165) is 0 Å². The molecule has 1 atom stereocenters. The van der Waals surface area contributed by atoms with Gasteiger partial charge in [-0.3, -0.25) is 0 Å². The van der Waals surface area contributed by atoms with Crippen LogP contribution in [0.25, 0.3) is 0 Å². The van der Waals surface area contributed by atoms with E-state index in [4.69, 9.17) is 5.73 Å². The van der Waals surface area contributed by atoms with Gasteiger partial charge in [0.05, 0.1) is 6.04 Å². The number of likely N-dealkylation sites (N-methyl/N-ethyl adjacent to an activating group) is 1. The molecule has 0 aliphatic heterocycles. The molecule has 1 aromatic heterocycles. The zero-order valence-corrected chi connectivity index (χ0v) is 12.0. The van der Waals surface area contributed by atoms with Gasteiger partial charge in [0.1, 0.15) is 0 Å². The van der Waals surface area contributed by atoms with Crippen LogP contribution < -0.4 is 5.73 Å².